The number of benzene rings is 2. The highest BCUT2D eigenvalue weighted by Crippen LogP contribution is 2.28. The number of methoxy groups -OCH3 is 2. The van der Waals surface area contributed by atoms with Gasteiger partial charge in [0.25, 0.3) is 0 Å². The number of nitrogens with one attached hydrogen (secondary N) is 2. The van der Waals surface area contributed by atoms with Crippen LogP contribution in [-0.4, -0.2) is 30.7 Å². The first-order valence-corrected chi connectivity index (χ1v) is 9.77. The average Bonchev–Trinajstić information content (AvgIpc) is 2.75. The van der Waals surface area contributed by atoms with Gasteiger partial charge in [0.15, 0.2) is 11.5 Å². The van der Waals surface area contributed by atoms with E-state index in [4.69, 9.17) is 9.47 Å². The molecule has 0 aliphatic rings. The number of nitrogens with zero attached hydrogens (tertiary/aromatic N) is 2. The van der Waals surface area contributed by atoms with Gasteiger partial charge < -0.3 is 20.1 Å². The molecule has 3 aromatic rings. The summed E-state index contributed by atoms with van der Waals surface area (Å²) in [5, 5.41) is 6.81. The molecular formula is C23H28N4O2. The fourth-order valence-corrected chi connectivity index (χ4v) is 3.22. The van der Waals surface area contributed by atoms with Crippen molar-refractivity contribution in [1.82, 2.24) is 9.97 Å². The van der Waals surface area contributed by atoms with E-state index in [2.05, 4.69) is 52.6 Å². The van der Waals surface area contributed by atoms with E-state index in [9.17, 15) is 0 Å². The van der Waals surface area contributed by atoms with Crippen molar-refractivity contribution in [3.8, 4) is 11.5 Å². The molecule has 2 N–H and O–H groups in total. The third-order valence-corrected chi connectivity index (χ3v) is 4.83. The molecular weight excluding hydrogens is 364 g/mol. The highest BCUT2D eigenvalue weighted by atomic mass is 16.5. The Morgan fingerprint density at radius 1 is 0.931 bits per heavy atom. The highest BCUT2D eigenvalue weighted by molar-refractivity contribution is 5.66. The zero-order valence-electron chi connectivity index (χ0n) is 17.5. The Balaban J connectivity index is 1.64. The summed E-state index contributed by atoms with van der Waals surface area (Å²) in [5.74, 6) is 3.04. The van der Waals surface area contributed by atoms with E-state index < -0.39 is 0 Å². The van der Waals surface area contributed by atoms with Gasteiger partial charge in [0, 0.05) is 18.3 Å². The van der Waals surface area contributed by atoms with Crippen molar-refractivity contribution >= 4 is 17.3 Å². The molecule has 0 saturated heterocycles. The Labute approximate surface area is 172 Å². The fourth-order valence-electron chi connectivity index (χ4n) is 3.22. The van der Waals surface area contributed by atoms with Crippen LogP contribution < -0.4 is 20.1 Å². The highest BCUT2D eigenvalue weighted by Gasteiger charge is 2.07. The lowest BCUT2D eigenvalue weighted by Gasteiger charge is -2.14. The molecule has 0 unspecified atom stereocenters. The van der Waals surface area contributed by atoms with Crippen LogP contribution in [0.1, 0.15) is 23.6 Å². The lowest BCUT2D eigenvalue weighted by atomic mass is 10.1. The molecule has 3 rings (SSSR count). The van der Waals surface area contributed by atoms with E-state index >= 15 is 0 Å². The molecule has 0 aliphatic heterocycles. The molecule has 0 amide bonds. The largest absolute Gasteiger partial charge is 0.493 e. The lowest BCUT2D eigenvalue weighted by Crippen LogP contribution is -2.08. The van der Waals surface area contributed by atoms with Gasteiger partial charge >= 0.3 is 0 Å². The minimum Gasteiger partial charge on any atom is -0.493 e. The minimum atomic E-state index is 0.735. The first-order chi connectivity index (χ1) is 14.1. The van der Waals surface area contributed by atoms with E-state index in [1.165, 1.54) is 11.1 Å². The maximum Gasteiger partial charge on any atom is 0.160 e. The molecule has 29 heavy (non-hydrogen) atoms. The summed E-state index contributed by atoms with van der Waals surface area (Å²) in [7, 11) is 3.29. The van der Waals surface area contributed by atoms with Gasteiger partial charge in [0.2, 0.25) is 0 Å². The quantitative estimate of drug-likeness (QED) is 0.547. The van der Waals surface area contributed by atoms with Crippen molar-refractivity contribution in [2.75, 3.05) is 31.4 Å². The van der Waals surface area contributed by atoms with E-state index in [1.54, 1.807) is 20.5 Å². The third-order valence-electron chi connectivity index (χ3n) is 4.83. The predicted molar refractivity (Wildman–Crippen MR) is 118 cm³/mol. The molecule has 2 aromatic carbocycles. The molecule has 6 nitrogen and oxygen atoms in total. The van der Waals surface area contributed by atoms with Gasteiger partial charge in [0.05, 0.1) is 14.2 Å². The topological polar surface area (TPSA) is 68.3 Å². The van der Waals surface area contributed by atoms with Crippen LogP contribution in [0.2, 0.25) is 0 Å². The zero-order chi connectivity index (χ0) is 20.6. The minimum absolute atomic E-state index is 0.735. The van der Waals surface area contributed by atoms with Gasteiger partial charge in [0.1, 0.15) is 18.0 Å². The summed E-state index contributed by atoms with van der Waals surface area (Å²) in [4.78, 5) is 8.70. The van der Waals surface area contributed by atoms with E-state index in [0.717, 1.165) is 53.8 Å². The Morgan fingerprint density at radius 2 is 1.72 bits per heavy atom. The number of rotatable bonds is 9. The number of ether oxygens (including phenoxy) is 2. The van der Waals surface area contributed by atoms with Crippen LogP contribution in [0.5, 0.6) is 11.5 Å². The molecule has 0 atom stereocenters. The number of para-hydroxylation sites is 1. The molecule has 0 saturated carbocycles. The summed E-state index contributed by atoms with van der Waals surface area (Å²) in [5.41, 5.74) is 4.75. The van der Waals surface area contributed by atoms with Crippen LogP contribution in [0.15, 0.2) is 48.8 Å². The maximum absolute atomic E-state index is 5.37. The monoisotopic (exact) mass is 392 g/mol. The average molecular weight is 393 g/mol. The molecule has 6 heteroatoms. The van der Waals surface area contributed by atoms with Crippen molar-refractivity contribution in [3.05, 3.63) is 65.5 Å². The van der Waals surface area contributed by atoms with Crippen molar-refractivity contribution < 1.29 is 9.47 Å². The van der Waals surface area contributed by atoms with Gasteiger partial charge in [-0.05, 0) is 48.6 Å². The number of hydrogen-bond donors (Lipinski definition) is 2. The number of aryl methyl sites for hydroxylation is 2. The number of anilines is 3. The van der Waals surface area contributed by atoms with Crippen LogP contribution in [0, 0.1) is 6.92 Å². The summed E-state index contributed by atoms with van der Waals surface area (Å²) >= 11 is 0. The fraction of sp³-hybridized carbons (Fsp3) is 0.304. The van der Waals surface area contributed by atoms with Crippen molar-refractivity contribution in [2.24, 2.45) is 0 Å². The van der Waals surface area contributed by atoms with E-state index in [1.807, 2.05) is 24.3 Å². The summed E-state index contributed by atoms with van der Waals surface area (Å²) in [6.07, 6.45) is 3.38. The normalized spacial score (nSPS) is 10.5. The second kappa shape index (κ2) is 9.78. The number of hydrogen-bond acceptors (Lipinski definition) is 6. The van der Waals surface area contributed by atoms with E-state index in [0.29, 0.717) is 0 Å². The van der Waals surface area contributed by atoms with Crippen LogP contribution in [-0.2, 0) is 12.8 Å². The van der Waals surface area contributed by atoms with E-state index in [-0.39, 0.29) is 0 Å². The van der Waals surface area contributed by atoms with Crippen LogP contribution in [0.4, 0.5) is 17.3 Å². The molecule has 0 bridgehead atoms. The van der Waals surface area contributed by atoms with Crippen LogP contribution in [0.25, 0.3) is 0 Å². The number of aromatic nitrogens is 2. The van der Waals surface area contributed by atoms with Crippen LogP contribution in [0.3, 0.4) is 0 Å². The van der Waals surface area contributed by atoms with Gasteiger partial charge in [-0.15, -0.1) is 0 Å². The molecule has 1 aromatic heterocycles. The lowest BCUT2D eigenvalue weighted by molar-refractivity contribution is 0.354. The Morgan fingerprint density at radius 3 is 2.48 bits per heavy atom. The van der Waals surface area contributed by atoms with Crippen molar-refractivity contribution in [3.63, 3.8) is 0 Å². The van der Waals surface area contributed by atoms with Crippen molar-refractivity contribution in [1.29, 1.82) is 0 Å². The molecule has 0 spiro atoms. The molecule has 0 aliphatic carbocycles. The SMILES string of the molecule is CCc1cccc(C)c1Nc1cc(NCCc2ccc(OC)c(OC)c2)ncn1. The molecule has 1 heterocycles. The van der Waals surface area contributed by atoms with Crippen LogP contribution >= 0.6 is 0 Å². The standard InChI is InChI=1S/C23H28N4O2/c1-5-18-8-6-7-16(2)23(18)27-22-14-21(25-15-26-22)24-12-11-17-9-10-19(28-3)20(13-17)29-4/h6-10,13-15H,5,11-12H2,1-4H3,(H2,24,25,26,27). The smallest absolute Gasteiger partial charge is 0.160 e. The Hall–Kier alpha value is -3.28. The molecule has 0 radical (unpaired) electrons. The summed E-state index contributed by atoms with van der Waals surface area (Å²) < 4.78 is 10.7. The summed E-state index contributed by atoms with van der Waals surface area (Å²) in [6, 6.07) is 14.2. The van der Waals surface area contributed by atoms with Gasteiger partial charge in [-0.2, -0.15) is 0 Å². The second-order valence-electron chi connectivity index (χ2n) is 6.74. The molecule has 152 valence electrons. The Bertz CT molecular complexity index is 959. The van der Waals surface area contributed by atoms with Gasteiger partial charge in [-0.3, -0.25) is 0 Å². The first kappa shape index (κ1) is 20.5. The van der Waals surface area contributed by atoms with Gasteiger partial charge in [-0.1, -0.05) is 31.2 Å². The zero-order valence-corrected chi connectivity index (χ0v) is 17.5. The third kappa shape index (κ3) is 5.16. The molecule has 0 fully saturated rings. The maximum atomic E-state index is 5.37. The Kier molecular flexibility index (Phi) is 6.89. The van der Waals surface area contributed by atoms with Crippen molar-refractivity contribution in [2.45, 2.75) is 26.7 Å². The summed E-state index contributed by atoms with van der Waals surface area (Å²) in [6.45, 7) is 5.00. The predicted octanol–water partition coefficient (Wildman–Crippen LogP) is 4.76. The second-order valence-corrected chi connectivity index (χ2v) is 6.74. The van der Waals surface area contributed by atoms with Gasteiger partial charge in [-0.25, -0.2) is 9.97 Å². The first-order valence-electron chi connectivity index (χ1n) is 9.77.